The van der Waals surface area contributed by atoms with Crippen molar-refractivity contribution in [2.45, 2.75) is 45.3 Å². The van der Waals surface area contributed by atoms with Gasteiger partial charge in [0.15, 0.2) is 0 Å². The number of nitrogens with zero attached hydrogens (tertiary/aromatic N) is 2. The molecule has 0 bridgehead atoms. The summed E-state index contributed by atoms with van der Waals surface area (Å²) in [6, 6.07) is 4.32. The number of ether oxygens (including phenoxy) is 1. The van der Waals surface area contributed by atoms with Crippen LogP contribution in [0.15, 0.2) is 24.3 Å². The molecule has 3 rings (SSSR count). The number of benzene rings is 1. The molecule has 2 fully saturated rings. The lowest BCUT2D eigenvalue weighted by Crippen LogP contribution is -2.46. The molecule has 156 valence electrons. The summed E-state index contributed by atoms with van der Waals surface area (Å²) in [5.74, 6) is -3.02. The summed E-state index contributed by atoms with van der Waals surface area (Å²) in [6.07, 6.45) is 3.30. The number of hydrogen-bond acceptors (Lipinski definition) is 5. The number of rotatable bonds is 6. The first-order valence-corrected chi connectivity index (χ1v) is 9.32. The van der Waals surface area contributed by atoms with Crippen molar-refractivity contribution < 1.29 is 32.7 Å². The second kappa shape index (κ2) is 8.54. The zero-order valence-corrected chi connectivity index (χ0v) is 15.8. The van der Waals surface area contributed by atoms with Gasteiger partial charge < -0.3 is 10.1 Å². The maximum Gasteiger partial charge on any atom is 0.387 e. The van der Waals surface area contributed by atoms with Gasteiger partial charge in [0.05, 0.1) is 5.69 Å². The third-order valence-electron chi connectivity index (χ3n) is 5.16. The van der Waals surface area contributed by atoms with Gasteiger partial charge in [-0.1, -0.05) is 31.9 Å². The average Bonchev–Trinajstić information content (AvgIpc) is 2.87. The van der Waals surface area contributed by atoms with Crippen LogP contribution in [0.1, 0.15) is 32.6 Å². The van der Waals surface area contributed by atoms with Crippen molar-refractivity contribution >= 4 is 29.4 Å². The molecule has 2 aliphatic rings. The summed E-state index contributed by atoms with van der Waals surface area (Å²) < 4.78 is 29.3. The Morgan fingerprint density at radius 2 is 1.86 bits per heavy atom. The van der Waals surface area contributed by atoms with Crippen molar-refractivity contribution in [1.29, 1.82) is 0 Å². The summed E-state index contributed by atoms with van der Waals surface area (Å²) in [7, 11) is 0. The number of urea groups is 1. The maximum atomic E-state index is 12.7. The zero-order valence-electron chi connectivity index (χ0n) is 15.8. The average molecular weight is 409 g/mol. The minimum atomic E-state index is -3.08. The molecule has 0 radical (unpaired) electrons. The minimum absolute atomic E-state index is 0.0408. The Hall–Kier alpha value is -3.04. The van der Waals surface area contributed by atoms with E-state index in [1.54, 1.807) is 0 Å². The van der Waals surface area contributed by atoms with Crippen molar-refractivity contribution in [3.05, 3.63) is 24.3 Å². The van der Waals surface area contributed by atoms with Gasteiger partial charge in [-0.2, -0.15) is 8.78 Å². The first kappa shape index (κ1) is 20.7. The number of anilines is 1. The Balaban J connectivity index is 1.70. The van der Waals surface area contributed by atoms with Crippen molar-refractivity contribution in [3.63, 3.8) is 0 Å². The molecular weight excluding hydrogens is 388 g/mol. The highest BCUT2D eigenvalue weighted by atomic mass is 19.3. The minimum Gasteiger partial charge on any atom is -0.433 e. The standard InChI is InChI=1S/C19H21F2N3O5/c1-11-6-2-4-8-13(11)24-17(27)16(26)23(19(24)28)10-15(25)22-12-7-3-5-9-14(12)29-18(20)21/h3,5,7,9,11,13,18H,2,4,6,8,10H2,1H3,(H,22,25)/t11-,13-/m1/s1. The second-order valence-electron chi connectivity index (χ2n) is 7.10. The highest BCUT2D eigenvalue weighted by Crippen LogP contribution is 2.31. The van der Waals surface area contributed by atoms with Crippen molar-refractivity contribution in [2.75, 3.05) is 11.9 Å². The Morgan fingerprint density at radius 3 is 2.55 bits per heavy atom. The van der Waals surface area contributed by atoms with Gasteiger partial charge in [0.25, 0.3) is 0 Å². The Kier molecular flexibility index (Phi) is 6.09. The molecule has 1 aromatic carbocycles. The van der Waals surface area contributed by atoms with Crippen LogP contribution in [0.5, 0.6) is 5.75 Å². The van der Waals surface area contributed by atoms with Gasteiger partial charge in [-0.05, 0) is 30.9 Å². The molecule has 10 heteroatoms. The topological polar surface area (TPSA) is 96.0 Å². The van der Waals surface area contributed by atoms with E-state index in [-0.39, 0.29) is 23.4 Å². The zero-order chi connectivity index (χ0) is 21.1. The Labute approximate surface area is 165 Å². The van der Waals surface area contributed by atoms with Crippen LogP contribution >= 0.6 is 0 Å². The van der Waals surface area contributed by atoms with Crippen LogP contribution in [0, 0.1) is 5.92 Å². The van der Waals surface area contributed by atoms with Crippen molar-refractivity contribution in [2.24, 2.45) is 5.92 Å². The molecule has 1 saturated heterocycles. The number of carbonyl (C=O) groups is 4. The van der Waals surface area contributed by atoms with Crippen LogP contribution < -0.4 is 10.1 Å². The van der Waals surface area contributed by atoms with Gasteiger partial charge in [0, 0.05) is 6.04 Å². The molecule has 2 atom stereocenters. The van der Waals surface area contributed by atoms with E-state index in [9.17, 15) is 28.0 Å². The van der Waals surface area contributed by atoms with E-state index in [1.165, 1.54) is 24.3 Å². The van der Waals surface area contributed by atoms with Gasteiger partial charge >= 0.3 is 24.5 Å². The van der Waals surface area contributed by atoms with Gasteiger partial charge in [-0.15, -0.1) is 0 Å². The SMILES string of the molecule is C[C@@H]1CCCC[C@H]1N1C(=O)C(=O)N(CC(=O)Nc2ccccc2OC(F)F)C1=O. The molecule has 29 heavy (non-hydrogen) atoms. The fourth-order valence-corrected chi connectivity index (χ4v) is 3.74. The van der Waals surface area contributed by atoms with E-state index in [0.717, 1.165) is 24.2 Å². The highest BCUT2D eigenvalue weighted by molar-refractivity contribution is 6.45. The largest absolute Gasteiger partial charge is 0.433 e. The van der Waals surface area contributed by atoms with E-state index >= 15 is 0 Å². The number of para-hydroxylation sites is 2. The second-order valence-corrected chi connectivity index (χ2v) is 7.10. The Bertz CT molecular complexity index is 832. The first-order valence-electron chi connectivity index (χ1n) is 9.32. The predicted octanol–water partition coefficient (Wildman–Crippen LogP) is 2.60. The molecule has 1 aromatic rings. The lowest BCUT2D eigenvalue weighted by Gasteiger charge is -2.34. The number of nitrogens with one attached hydrogen (secondary N) is 1. The molecule has 0 unspecified atom stereocenters. The van der Waals surface area contributed by atoms with Crippen molar-refractivity contribution in [1.82, 2.24) is 9.80 Å². The smallest absolute Gasteiger partial charge is 0.387 e. The molecule has 8 nitrogen and oxygen atoms in total. The maximum absolute atomic E-state index is 12.7. The van der Waals surface area contributed by atoms with E-state index in [1.807, 2.05) is 6.92 Å². The van der Waals surface area contributed by atoms with Crippen LogP contribution in [0.25, 0.3) is 0 Å². The number of amides is 5. The van der Waals surface area contributed by atoms with E-state index in [2.05, 4.69) is 10.1 Å². The number of carbonyl (C=O) groups excluding carboxylic acids is 4. The van der Waals surface area contributed by atoms with Crippen LogP contribution in [-0.2, 0) is 14.4 Å². The summed E-state index contributed by atoms with van der Waals surface area (Å²) in [6.45, 7) is -1.87. The molecule has 1 aliphatic heterocycles. The summed E-state index contributed by atoms with van der Waals surface area (Å²) in [4.78, 5) is 51.2. The van der Waals surface area contributed by atoms with Crippen LogP contribution in [0.3, 0.4) is 0 Å². The third-order valence-corrected chi connectivity index (χ3v) is 5.16. The lowest BCUT2D eigenvalue weighted by atomic mass is 9.85. The van der Waals surface area contributed by atoms with Crippen LogP contribution in [-0.4, -0.2) is 52.8 Å². The molecule has 0 spiro atoms. The van der Waals surface area contributed by atoms with E-state index in [0.29, 0.717) is 11.3 Å². The molecule has 1 aliphatic carbocycles. The number of imide groups is 2. The molecule has 1 saturated carbocycles. The number of alkyl halides is 2. The van der Waals surface area contributed by atoms with Crippen molar-refractivity contribution in [3.8, 4) is 5.75 Å². The molecule has 5 amide bonds. The van der Waals surface area contributed by atoms with Gasteiger partial charge in [0.2, 0.25) is 5.91 Å². The monoisotopic (exact) mass is 409 g/mol. The summed E-state index contributed by atoms with van der Waals surface area (Å²) in [5, 5.41) is 2.33. The predicted molar refractivity (Wildman–Crippen MR) is 97.1 cm³/mol. The van der Waals surface area contributed by atoms with Gasteiger partial charge in [0.1, 0.15) is 12.3 Å². The number of halogens is 2. The van der Waals surface area contributed by atoms with Gasteiger partial charge in [-0.3, -0.25) is 19.3 Å². The summed E-state index contributed by atoms with van der Waals surface area (Å²) in [5.41, 5.74) is -0.0408. The Morgan fingerprint density at radius 1 is 1.17 bits per heavy atom. The molecular formula is C19H21F2N3O5. The molecule has 1 N–H and O–H groups in total. The normalized spacial score (nSPS) is 22.4. The highest BCUT2D eigenvalue weighted by Gasteiger charge is 2.49. The number of hydrogen-bond donors (Lipinski definition) is 1. The van der Waals surface area contributed by atoms with Gasteiger partial charge in [-0.25, -0.2) is 9.69 Å². The summed E-state index contributed by atoms with van der Waals surface area (Å²) >= 11 is 0. The third kappa shape index (κ3) is 4.36. The molecule has 1 heterocycles. The van der Waals surface area contributed by atoms with Crippen LogP contribution in [0.4, 0.5) is 19.3 Å². The quantitative estimate of drug-likeness (QED) is 0.576. The fourth-order valence-electron chi connectivity index (χ4n) is 3.74. The van der Waals surface area contributed by atoms with E-state index < -0.39 is 36.9 Å². The fraction of sp³-hybridized carbons (Fsp3) is 0.474. The first-order chi connectivity index (χ1) is 13.8. The molecule has 0 aromatic heterocycles. The van der Waals surface area contributed by atoms with Crippen LogP contribution in [0.2, 0.25) is 0 Å². The van der Waals surface area contributed by atoms with E-state index in [4.69, 9.17) is 0 Å². The lowest BCUT2D eigenvalue weighted by molar-refractivity contribution is -0.145.